The Bertz CT molecular complexity index is 2090. The molecule has 1 N–H and O–H groups in total. The van der Waals surface area contributed by atoms with E-state index >= 15 is 0 Å². The average Bonchev–Trinajstić information content (AvgIpc) is 3.69. The lowest BCUT2D eigenvalue weighted by Gasteiger charge is -2.36. The first kappa shape index (κ1) is 34.3. The molecular formula is C45H41N5O2. The molecule has 1 aromatic heterocycles. The van der Waals surface area contributed by atoms with E-state index in [4.69, 9.17) is 15.0 Å². The summed E-state index contributed by atoms with van der Waals surface area (Å²) in [5.41, 5.74) is 7.23. The number of nitrogens with zero attached hydrogens (tertiary/aromatic N) is 4. The quantitative estimate of drug-likeness (QED) is 0.0965. The van der Waals surface area contributed by atoms with Crippen molar-refractivity contribution in [1.82, 2.24) is 25.5 Å². The van der Waals surface area contributed by atoms with Crippen LogP contribution in [0.3, 0.4) is 0 Å². The minimum absolute atomic E-state index is 0.0650. The van der Waals surface area contributed by atoms with Crippen molar-refractivity contribution in [1.29, 1.82) is 0 Å². The van der Waals surface area contributed by atoms with Crippen LogP contribution in [0.25, 0.3) is 22.5 Å². The molecule has 1 heterocycles. The molecule has 0 aliphatic rings. The summed E-state index contributed by atoms with van der Waals surface area (Å²) in [5.74, 6) is 0.460. The first-order valence-corrected chi connectivity index (χ1v) is 17.6. The van der Waals surface area contributed by atoms with Crippen LogP contribution in [0.4, 0.5) is 0 Å². The first-order valence-electron chi connectivity index (χ1n) is 17.6. The molecule has 0 bridgehead atoms. The average molecular weight is 688 g/mol. The number of aromatic nitrogens is 4. The fraction of sp³-hybridized carbons (Fsp3) is 0.156. The van der Waals surface area contributed by atoms with Gasteiger partial charge in [-0.25, -0.2) is 4.68 Å². The van der Waals surface area contributed by atoms with Crippen LogP contribution in [0, 0.1) is 5.92 Å². The van der Waals surface area contributed by atoms with Crippen LogP contribution in [0.15, 0.2) is 170 Å². The van der Waals surface area contributed by atoms with E-state index in [2.05, 4.69) is 120 Å². The summed E-state index contributed by atoms with van der Waals surface area (Å²) >= 11 is 0. The van der Waals surface area contributed by atoms with Crippen molar-refractivity contribution in [2.75, 3.05) is 0 Å². The molecule has 52 heavy (non-hydrogen) atoms. The summed E-state index contributed by atoms with van der Waals surface area (Å²) in [4.78, 5) is 13.0. The van der Waals surface area contributed by atoms with E-state index in [1.807, 2.05) is 79.2 Å². The van der Waals surface area contributed by atoms with E-state index in [0.29, 0.717) is 12.4 Å². The summed E-state index contributed by atoms with van der Waals surface area (Å²) in [6, 6.07) is 57.2. The second-order valence-corrected chi connectivity index (χ2v) is 13.2. The number of carbonyl (C=O) groups is 1. The standard InChI is InChI=1S/C45H41N5O2/c1-33(2)42(44(51)52-32-35-17-7-3-8-18-35)46-31-34-27-29-36(30-28-34)40-25-15-16-26-41(40)43-47-48-49-50(43)45(37-19-9-4-10-20-37,38-21-11-5-12-22-38)39-23-13-6-14-24-39/h3-30,33,42,46H,31-32H2,1-2H3/t42-/m0/s1/i42+2,44+2. The maximum Gasteiger partial charge on any atom is 0.323 e. The second kappa shape index (κ2) is 15.8. The third-order valence-corrected chi connectivity index (χ3v) is 9.47. The normalized spacial score (nSPS) is 12.1. The maximum absolute atomic E-state index is 13.0. The highest BCUT2D eigenvalue weighted by Gasteiger charge is 2.42. The third kappa shape index (κ3) is 7.04. The summed E-state index contributed by atoms with van der Waals surface area (Å²) in [6.45, 7) is 4.83. The largest absolute Gasteiger partial charge is 0.460 e. The van der Waals surface area contributed by atoms with Gasteiger partial charge < -0.3 is 10.1 Å². The minimum Gasteiger partial charge on any atom is -0.460 e. The lowest BCUT2D eigenvalue weighted by Crippen LogP contribution is -2.41. The number of nitrogens with one attached hydrogen (secondary N) is 1. The van der Waals surface area contributed by atoms with Gasteiger partial charge in [0.25, 0.3) is 0 Å². The molecule has 7 heteroatoms. The number of tetrazole rings is 1. The van der Waals surface area contributed by atoms with E-state index in [0.717, 1.165) is 44.5 Å². The smallest absolute Gasteiger partial charge is 0.323 e. The Morgan fingerprint density at radius 1 is 0.654 bits per heavy atom. The maximum atomic E-state index is 13.0. The Morgan fingerprint density at radius 3 is 1.69 bits per heavy atom. The Kier molecular flexibility index (Phi) is 10.4. The van der Waals surface area contributed by atoms with Gasteiger partial charge in [0.05, 0.1) is 0 Å². The highest BCUT2D eigenvalue weighted by atomic mass is 16.8. The van der Waals surface area contributed by atoms with Crippen molar-refractivity contribution in [2.45, 2.75) is 38.6 Å². The van der Waals surface area contributed by atoms with Crippen LogP contribution in [0.2, 0.25) is 0 Å². The highest BCUT2D eigenvalue weighted by molar-refractivity contribution is 5.81. The van der Waals surface area contributed by atoms with Gasteiger partial charge >= 0.3 is 5.97 Å². The topological polar surface area (TPSA) is 81.9 Å². The molecule has 0 saturated carbocycles. The van der Waals surface area contributed by atoms with Crippen molar-refractivity contribution >= 4 is 5.97 Å². The molecule has 7 aromatic rings. The third-order valence-electron chi connectivity index (χ3n) is 9.47. The van der Waals surface area contributed by atoms with Crippen LogP contribution < -0.4 is 5.32 Å². The number of benzene rings is 6. The molecule has 7 nitrogen and oxygen atoms in total. The van der Waals surface area contributed by atoms with Gasteiger partial charge in [0.2, 0.25) is 0 Å². The lowest BCUT2D eigenvalue weighted by atomic mass is 9.77. The summed E-state index contributed by atoms with van der Waals surface area (Å²) in [7, 11) is 0. The molecule has 0 saturated heterocycles. The van der Waals surface area contributed by atoms with Gasteiger partial charge in [-0.2, -0.15) is 0 Å². The van der Waals surface area contributed by atoms with Gasteiger partial charge in [-0.15, -0.1) is 5.10 Å². The Labute approximate surface area is 305 Å². The molecule has 0 aliphatic carbocycles. The van der Waals surface area contributed by atoms with E-state index in [9.17, 15) is 4.79 Å². The predicted octanol–water partition coefficient (Wildman–Crippen LogP) is 8.70. The van der Waals surface area contributed by atoms with Gasteiger partial charge in [-0.3, -0.25) is 4.79 Å². The zero-order valence-corrected chi connectivity index (χ0v) is 29.3. The number of ether oxygens (including phenoxy) is 1. The minimum atomic E-state index is -0.861. The SMILES string of the molecule is CC(C)[14C@H](NCc1ccc(-c2ccccc2-c2nnnn2C(c2ccccc2)(c2ccccc2)c2ccccc2)cc1)[14C](=O)OCc1ccccc1. The number of rotatable bonds is 13. The molecule has 7 rings (SSSR count). The summed E-state index contributed by atoms with van der Waals surface area (Å²) in [5, 5.41) is 17.2. The number of carbonyl (C=O) groups excluding carboxylic acids is 1. The molecule has 6 aromatic carbocycles. The predicted molar refractivity (Wildman–Crippen MR) is 205 cm³/mol. The van der Waals surface area contributed by atoms with Gasteiger partial charge in [0, 0.05) is 12.1 Å². The van der Waals surface area contributed by atoms with E-state index < -0.39 is 11.6 Å². The van der Waals surface area contributed by atoms with Crippen molar-refractivity contribution in [3.05, 3.63) is 198 Å². The summed E-state index contributed by atoms with van der Waals surface area (Å²) < 4.78 is 7.63. The van der Waals surface area contributed by atoms with Crippen molar-refractivity contribution in [3.8, 4) is 22.5 Å². The first-order chi connectivity index (χ1) is 25.6. The fourth-order valence-electron chi connectivity index (χ4n) is 6.86. The highest BCUT2D eigenvalue weighted by Crippen LogP contribution is 2.43. The van der Waals surface area contributed by atoms with E-state index in [-0.39, 0.29) is 18.5 Å². The molecule has 258 valence electrons. The van der Waals surface area contributed by atoms with Gasteiger partial charge in [-0.05, 0) is 55.3 Å². The molecule has 1 atom stereocenters. The molecule has 0 amide bonds. The zero-order chi connectivity index (χ0) is 35.8. The monoisotopic (exact) mass is 687 g/mol. The van der Waals surface area contributed by atoms with Gasteiger partial charge in [-0.1, -0.05) is 184 Å². The van der Waals surface area contributed by atoms with Crippen LogP contribution in [-0.4, -0.2) is 32.2 Å². The van der Waals surface area contributed by atoms with Crippen molar-refractivity contribution < 1.29 is 9.53 Å². The van der Waals surface area contributed by atoms with Crippen molar-refractivity contribution in [3.63, 3.8) is 0 Å². The number of hydrogen-bond donors (Lipinski definition) is 1. The number of esters is 1. The van der Waals surface area contributed by atoms with Crippen molar-refractivity contribution in [2.24, 2.45) is 5.92 Å². The molecule has 0 radical (unpaired) electrons. The Balaban J connectivity index is 1.21. The Hall–Kier alpha value is -6.18. The van der Waals surface area contributed by atoms with Crippen LogP contribution in [-0.2, 0) is 28.2 Å². The Morgan fingerprint density at radius 2 is 1.15 bits per heavy atom. The van der Waals surface area contributed by atoms with E-state index in [1.54, 1.807) is 0 Å². The molecule has 0 aliphatic heterocycles. The van der Waals surface area contributed by atoms with Crippen LogP contribution in [0.1, 0.15) is 41.7 Å². The van der Waals surface area contributed by atoms with E-state index in [1.165, 1.54) is 0 Å². The van der Waals surface area contributed by atoms with Crippen LogP contribution in [0.5, 0.6) is 0 Å². The zero-order valence-electron chi connectivity index (χ0n) is 29.3. The summed E-state index contributed by atoms with van der Waals surface area (Å²) in [6.07, 6.45) is 0. The molecular weight excluding hydrogens is 647 g/mol. The number of hydrogen-bond acceptors (Lipinski definition) is 6. The van der Waals surface area contributed by atoms with Crippen LogP contribution >= 0.6 is 0 Å². The molecule has 0 spiro atoms. The molecule has 0 fully saturated rings. The van der Waals surface area contributed by atoms with Gasteiger partial charge in [0.1, 0.15) is 18.2 Å². The lowest BCUT2D eigenvalue weighted by molar-refractivity contribution is -0.148. The molecule has 0 unspecified atom stereocenters. The fourth-order valence-corrected chi connectivity index (χ4v) is 6.86. The van der Waals surface area contributed by atoms with Gasteiger partial charge in [0.15, 0.2) is 5.82 Å². The second-order valence-electron chi connectivity index (χ2n) is 13.2.